The molecule has 2 aromatic heterocycles. The molecular weight excluding hydrogens is 236 g/mol. The summed E-state index contributed by atoms with van der Waals surface area (Å²) in [4.78, 5) is 4.60. The van der Waals surface area contributed by atoms with Crippen LogP contribution < -0.4 is 0 Å². The molecular formula is C16H16N2O. The molecule has 3 heteroatoms. The second-order valence-electron chi connectivity index (χ2n) is 4.86. The van der Waals surface area contributed by atoms with Crippen LogP contribution in [0.1, 0.15) is 22.4 Å². The third-order valence-electron chi connectivity index (χ3n) is 3.22. The van der Waals surface area contributed by atoms with E-state index in [0.717, 1.165) is 23.3 Å². The highest BCUT2D eigenvalue weighted by molar-refractivity contribution is 5.43. The van der Waals surface area contributed by atoms with Crippen molar-refractivity contribution in [2.45, 2.75) is 20.0 Å². The van der Waals surface area contributed by atoms with Gasteiger partial charge in [0, 0.05) is 18.8 Å². The zero-order valence-corrected chi connectivity index (χ0v) is 10.9. The molecule has 0 aliphatic heterocycles. The van der Waals surface area contributed by atoms with Gasteiger partial charge in [-0.25, -0.2) is 4.98 Å². The van der Waals surface area contributed by atoms with E-state index in [9.17, 15) is 0 Å². The molecule has 1 N–H and O–H groups in total. The lowest BCUT2D eigenvalue weighted by molar-refractivity contribution is 0.282. The van der Waals surface area contributed by atoms with Crippen LogP contribution in [-0.4, -0.2) is 14.5 Å². The van der Waals surface area contributed by atoms with Gasteiger partial charge < -0.3 is 9.51 Å². The molecule has 3 aromatic rings. The van der Waals surface area contributed by atoms with Gasteiger partial charge >= 0.3 is 0 Å². The molecule has 0 saturated heterocycles. The Labute approximate surface area is 112 Å². The molecule has 0 unspecified atom stereocenters. The van der Waals surface area contributed by atoms with E-state index < -0.39 is 0 Å². The number of pyridine rings is 1. The first-order valence-electron chi connectivity index (χ1n) is 6.37. The summed E-state index contributed by atoms with van der Waals surface area (Å²) < 4.78 is 1.99. The SMILES string of the molecule is Cc1cccc(Cc2cn3ccc(CO)cc3n2)c1. The Morgan fingerprint density at radius 2 is 2.05 bits per heavy atom. The molecule has 2 heterocycles. The molecule has 0 saturated carbocycles. The number of rotatable bonds is 3. The van der Waals surface area contributed by atoms with Gasteiger partial charge in [0.15, 0.2) is 0 Å². The van der Waals surface area contributed by atoms with E-state index in [1.54, 1.807) is 0 Å². The minimum absolute atomic E-state index is 0.0522. The van der Waals surface area contributed by atoms with E-state index in [0.29, 0.717) is 0 Å². The van der Waals surface area contributed by atoms with E-state index in [1.807, 2.05) is 28.9 Å². The van der Waals surface area contributed by atoms with Gasteiger partial charge in [-0.1, -0.05) is 29.8 Å². The summed E-state index contributed by atoms with van der Waals surface area (Å²) in [5.74, 6) is 0. The maximum absolute atomic E-state index is 9.13. The van der Waals surface area contributed by atoms with Crippen molar-refractivity contribution in [3.8, 4) is 0 Å². The average molecular weight is 252 g/mol. The van der Waals surface area contributed by atoms with Gasteiger partial charge in [-0.15, -0.1) is 0 Å². The number of benzene rings is 1. The molecule has 19 heavy (non-hydrogen) atoms. The summed E-state index contributed by atoms with van der Waals surface area (Å²) in [7, 11) is 0. The number of nitrogens with zero attached hydrogens (tertiary/aromatic N) is 2. The van der Waals surface area contributed by atoms with Crippen LogP contribution in [0.5, 0.6) is 0 Å². The highest BCUT2D eigenvalue weighted by atomic mass is 16.3. The predicted molar refractivity (Wildman–Crippen MR) is 75.1 cm³/mol. The Hall–Kier alpha value is -2.13. The van der Waals surface area contributed by atoms with Crippen molar-refractivity contribution in [2.24, 2.45) is 0 Å². The predicted octanol–water partition coefficient (Wildman–Crippen LogP) is 2.73. The summed E-state index contributed by atoms with van der Waals surface area (Å²) in [5, 5.41) is 9.13. The van der Waals surface area contributed by atoms with E-state index >= 15 is 0 Å². The first-order chi connectivity index (χ1) is 9.24. The molecule has 0 amide bonds. The summed E-state index contributed by atoms with van der Waals surface area (Å²) in [6.07, 6.45) is 4.81. The first kappa shape index (κ1) is 11.9. The Kier molecular flexibility index (Phi) is 3.05. The van der Waals surface area contributed by atoms with Gasteiger partial charge in [0.2, 0.25) is 0 Å². The van der Waals surface area contributed by atoms with Crippen LogP contribution in [0.15, 0.2) is 48.8 Å². The fourth-order valence-electron chi connectivity index (χ4n) is 2.29. The largest absolute Gasteiger partial charge is 0.392 e. The molecule has 0 aliphatic carbocycles. The number of hydrogen-bond donors (Lipinski definition) is 1. The van der Waals surface area contributed by atoms with Gasteiger partial charge in [-0.3, -0.25) is 0 Å². The fraction of sp³-hybridized carbons (Fsp3) is 0.188. The molecule has 0 bridgehead atoms. The highest BCUT2D eigenvalue weighted by Crippen LogP contribution is 2.13. The molecule has 0 fully saturated rings. The van der Waals surface area contributed by atoms with Crippen molar-refractivity contribution >= 4 is 5.65 Å². The van der Waals surface area contributed by atoms with Crippen molar-refractivity contribution in [3.63, 3.8) is 0 Å². The quantitative estimate of drug-likeness (QED) is 0.778. The van der Waals surface area contributed by atoms with Crippen molar-refractivity contribution in [3.05, 3.63) is 71.2 Å². The topological polar surface area (TPSA) is 37.5 Å². The summed E-state index contributed by atoms with van der Waals surface area (Å²) in [5.41, 5.74) is 5.35. The molecule has 0 atom stereocenters. The first-order valence-corrected chi connectivity index (χ1v) is 6.37. The standard InChI is InChI=1S/C16H16N2O/c1-12-3-2-4-13(7-12)8-15-10-18-6-5-14(11-19)9-16(18)17-15/h2-7,9-10,19H,8,11H2,1H3. The van der Waals surface area contributed by atoms with Crippen LogP contribution in [0.25, 0.3) is 5.65 Å². The number of aliphatic hydroxyl groups is 1. The third-order valence-corrected chi connectivity index (χ3v) is 3.22. The molecule has 0 radical (unpaired) electrons. The van der Waals surface area contributed by atoms with Gasteiger partial charge in [-0.2, -0.15) is 0 Å². The van der Waals surface area contributed by atoms with Crippen LogP contribution in [0.3, 0.4) is 0 Å². The number of hydrogen-bond acceptors (Lipinski definition) is 2. The molecule has 1 aromatic carbocycles. The fourth-order valence-corrected chi connectivity index (χ4v) is 2.29. The summed E-state index contributed by atoms with van der Waals surface area (Å²) >= 11 is 0. The van der Waals surface area contributed by atoms with Gasteiger partial charge in [0.05, 0.1) is 12.3 Å². The maximum atomic E-state index is 9.13. The zero-order valence-electron chi connectivity index (χ0n) is 10.9. The normalized spacial score (nSPS) is 11.1. The lowest BCUT2D eigenvalue weighted by Gasteiger charge is -1.99. The summed E-state index contributed by atoms with van der Waals surface area (Å²) in [6.45, 7) is 2.15. The second kappa shape index (κ2) is 4.86. The van der Waals surface area contributed by atoms with Crippen LogP contribution in [0, 0.1) is 6.92 Å². The summed E-state index contributed by atoms with van der Waals surface area (Å²) in [6, 6.07) is 12.3. The van der Waals surface area contributed by atoms with Crippen molar-refractivity contribution < 1.29 is 5.11 Å². The average Bonchev–Trinajstić information content (AvgIpc) is 2.79. The molecule has 0 aliphatic rings. The number of aliphatic hydroxyl groups excluding tert-OH is 1. The third kappa shape index (κ3) is 2.51. The van der Waals surface area contributed by atoms with Crippen molar-refractivity contribution in [1.29, 1.82) is 0 Å². The maximum Gasteiger partial charge on any atom is 0.137 e. The zero-order chi connectivity index (χ0) is 13.2. The van der Waals surface area contributed by atoms with E-state index in [2.05, 4.69) is 36.2 Å². The highest BCUT2D eigenvalue weighted by Gasteiger charge is 2.04. The van der Waals surface area contributed by atoms with Crippen LogP contribution >= 0.6 is 0 Å². The molecule has 3 nitrogen and oxygen atoms in total. The Bertz CT molecular complexity index is 716. The van der Waals surface area contributed by atoms with Gasteiger partial charge in [0.1, 0.15) is 5.65 Å². The van der Waals surface area contributed by atoms with Crippen LogP contribution in [0.4, 0.5) is 0 Å². The lowest BCUT2D eigenvalue weighted by atomic mass is 10.1. The minimum atomic E-state index is 0.0522. The van der Waals surface area contributed by atoms with E-state index in [1.165, 1.54) is 11.1 Å². The number of imidazole rings is 1. The van der Waals surface area contributed by atoms with Crippen LogP contribution in [-0.2, 0) is 13.0 Å². The molecule has 3 rings (SSSR count). The van der Waals surface area contributed by atoms with E-state index in [-0.39, 0.29) is 6.61 Å². The van der Waals surface area contributed by atoms with E-state index in [4.69, 9.17) is 5.11 Å². The molecule has 0 spiro atoms. The Morgan fingerprint density at radius 3 is 2.84 bits per heavy atom. The minimum Gasteiger partial charge on any atom is -0.392 e. The Balaban J connectivity index is 1.93. The van der Waals surface area contributed by atoms with Gasteiger partial charge in [-0.05, 0) is 30.2 Å². The number of fused-ring (bicyclic) bond motifs is 1. The smallest absolute Gasteiger partial charge is 0.137 e. The molecule has 96 valence electrons. The number of aryl methyl sites for hydroxylation is 1. The number of aromatic nitrogens is 2. The second-order valence-corrected chi connectivity index (χ2v) is 4.86. The van der Waals surface area contributed by atoms with Crippen molar-refractivity contribution in [1.82, 2.24) is 9.38 Å². The van der Waals surface area contributed by atoms with Crippen LogP contribution in [0.2, 0.25) is 0 Å². The Morgan fingerprint density at radius 1 is 1.16 bits per heavy atom. The lowest BCUT2D eigenvalue weighted by Crippen LogP contribution is -1.88. The van der Waals surface area contributed by atoms with Gasteiger partial charge in [0.25, 0.3) is 0 Å². The monoisotopic (exact) mass is 252 g/mol. The van der Waals surface area contributed by atoms with Crippen molar-refractivity contribution in [2.75, 3.05) is 0 Å².